The zero-order chi connectivity index (χ0) is 14.9. The van der Waals surface area contributed by atoms with E-state index in [9.17, 15) is 0 Å². The molecule has 20 heavy (non-hydrogen) atoms. The van der Waals surface area contributed by atoms with E-state index in [-0.39, 0.29) is 0 Å². The topological polar surface area (TPSA) is 0 Å². The minimum absolute atomic E-state index is 1.36. The second-order valence-electron chi connectivity index (χ2n) is 7.34. The third-order valence-corrected chi connectivity index (χ3v) is 12.2. The number of hydrogen-bond acceptors (Lipinski definition) is 0. The molecule has 1 aromatic rings. The first-order valence-corrected chi connectivity index (χ1v) is 15.5. The Balaban J connectivity index is 2.26. The van der Waals surface area contributed by atoms with Gasteiger partial charge in [-0.2, -0.15) is 0 Å². The summed E-state index contributed by atoms with van der Waals surface area (Å²) in [5.41, 5.74) is 0. The molecule has 0 heterocycles. The molecule has 0 aliphatic heterocycles. The maximum atomic E-state index is 2.57. The normalized spacial score (nSPS) is 13.9. The molecule has 0 atom stereocenters. The van der Waals surface area contributed by atoms with Crippen LogP contribution in [-0.2, 0) is 0 Å². The van der Waals surface area contributed by atoms with Crippen molar-refractivity contribution in [3.63, 3.8) is 0 Å². The maximum absolute atomic E-state index is 2.57. The van der Waals surface area contributed by atoms with Crippen molar-refractivity contribution in [3.8, 4) is 0 Å². The van der Waals surface area contributed by atoms with E-state index in [1.165, 1.54) is 56.7 Å². The average Bonchev–Trinajstić information content (AvgIpc) is 2.42. The molecule has 1 rings (SSSR count). The Hall–Kier alpha value is -0.261. The molecule has 1 radical (unpaired) electrons. The minimum atomic E-state index is -2.06. The quantitative estimate of drug-likeness (QED) is 0.344. The van der Waals surface area contributed by atoms with E-state index in [1.54, 1.807) is 4.46 Å². The van der Waals surface area contributed by atoms with Crippen LogP contribution in [0.2, 0.25) is 22.8 Å². The molecule has 0 unspecified atom stereocenters. The zero-order valence-electron chi connectivity index (χ0n) is 14.2. The Morgan fingerprint density at radius 1 is 0.700 bits per heavy atom. The molecule has 0 aliphatic carbocycles. The van der Waals surface area contributed by atoms with Gasteiger partial charge in [0.05, 0.1) is 0 Å². The molecule has 0 saturated carbocycles. The summed E-state index contributed by atoms with van der Waals surface area (Å²) in [7, 11) is 0. The standard InChI is InChI=1S/C19H35Se/c1-5-6-7-8-9-10-11-15-18-20(2,3,4)19-16-13-12-14-17-19/h12-14,16-17H,5-11,15,18H2,1-4H3. The Labute approximate surface area is 127 Å². The first kappa shape index (κ1) is 17.8. The summed E-state index contributed by atoms with van der Waals surface area (Å²) in [6.45, 7) is 2.29. The number of hydrogen-bond donors (Lipinski definition) is 0. The molecule has 0 aliphatic rings. The molecule has 0 aromatic heterocycles. The van der Waals surface area contributed by atoms with E-state index in [4.69, 9.17) is 0 Å². The SMILES string of the molecule is CCCCCCCCCC[Se](C)(C)(C)c1ccccc1. The number of rotatable bonds is 10. The summed E-state index contributed by atoms with van der Waals surface area (Å²) in [4.78, 5) is 0. The summed E-state index contributed by atoms with van der Waals surface area (Å²) in [6, 6.07) is 11.2. The molecule has 117 valence electrons. The fourth-order valence-electron chi connectivity index (χ4n) is 2.78. The molecule has 0 bridgehead atoms. The molecule has 1 aromatic carbocycles. The van der Waals surface area contributed by atoms with Gasteiger partial charge in [-0.3, -0.25) is 0 Å². The van der Waals surface area contributed by atoms with Crippen LogP contribution in [0.4, 0.5) is 0 Å². The fraction of sp³-hybridized carbons (Fsp3) is 0.684. The Kier molecular flexibility index (Phi) is 7.34. The van der Waals surface area contributed by atoms with Crippen molar-refractivity contribution in [2.75, 3.05) is 0 Å². The summed E-state index contributed by atoms with van der Waals surface area (Å²) in [6.07, 6.45) is 11.4. The molecule has 0 amide bonds. The van der Waals surface area contributed by atoms with E-state index in [2.05, 4.69) is 54.7 Å². The van der Waals surface area contributed by atoms with Crippen molar-refractivity contribution in [1.29, 1.82) is 0 Å². The first-order valence-electron chi connectivity index (χ1n) is 8.34. The van der Waals surface area contributed by atoms with E-state index < -0.39 is 11.8 Å². The first-order chi connectivity index (χ1) is 9.44. The average molecular weight is 342 g/mol. The summed E-state index contributed by atoms with van der Waals surface area (Å²) < 4.78 is 1.63. The van der Waals surface area contributed by atoms with Gasteiger partial charge in [-0.25, -0.2) is 0 Å². The second kappa shape index (κ2) is 8.25. The van der Waals surface area contributed by atoms with Crippen LogP contribution in [0.5, 0.6) is 0 Å². The molecule has 0 fully saturated rings. The third kappa shape index (κ3) is 6.46. The molecule has 0 N–H and O–H groups in total. The number of benzene rings is 1. The van der Waals surface area contributed by atoms with Gasteiger partial charge in [0.15, 0.2) is 0 Å². The van der Waals surface area contributed by atoms with Gasteiger partial charge >= 0.3 is 128 Å². The third-order valence-electron chi connectivity index (χ3n) is 4.33. The van der Waals surface area contributed by atoms with Crippen molar-refractivity contribution in [3.05, 3.63) is 30.3 Å². The van der Waals surface area contributed by atoms with Crippen LogP contribution in [0.25, 0.3) is 0 Å². The van der Waals surface area contributed by atoms with Crippen molar-refractivity contribution in [2.45, 2.75) is 81.1 Å². The monoisotopic (exact) mass is 343 g/mol. The van der Waals surface area contributed by atoms with Crippen LogP contribution < -0.4 is 4.46 Å². The van der Waals surface area contributed by atoms with Crippen molar-refractivity contribution in [2.24, 2.45) is 0 Å². The molecule has 1 heteroatoms. The zero-order valence-corrected chi connectivity index (χ0v) is 15.9. The van der Waals surface area contributed by atoms with Gasteiger partial charge in [0, 0.05) is 0 Å². The van der Waals surface area contributed by atoms with Crippen LogP contribution >= 0.6 is 0 Å². The van der Waals surface area contributed by atoms with Crippen molar-refractivity contribution >= 4 is 16.3 Å². The molecule has 0 nitrogen and oxygen atoms in total. The van der Waals surface area contributed by atoms with Crippen molar-refractivity contribution < 1.29 is 0 Å². The fourth-order valence-corrected chi connectivity index (χ4v) is 8.27. The van der Waals surface area contributed by atoms with Gasteiger partial charge in [0.25, 0.3) is 0 Å². The van der Waals surface area contributed by atoms with Gasteiger partial charge < -0.3 is 0 Å². The van der Waals surface area contributed by atoms with Gasteiger partial charge in [0.1, 0.15) is 0 Å². The molecule has 0 saturated heterocycles. The van der Waals surface area contributed by atoms with Gasteiger partial charge in [-0.05, 0) is 0 Å². The van der Waals surface area contributed by atoms with Crippen molar-refractivity contribution in [1.82, 2.24) is 0 Å². The van der Waals surface area contributed by atoms with Crippen LogP contribution in [0, 0.1) is 0 Å². The van der Waals surface area contributed by atoms with E-state index >= 15 is 0 Å². The molecular weight excluding hydrogens is 307 g/mol. The van der Waals surface area contributed by atoms with E-state index in [0.29, 0.717) is 0 Å². The van der Waals surface area contributed by atoms with Crippen LogP contribution in [0.15, 0.2) is 30.3 Å². The van der Waals surface area contributed by atoms with Gasteiger partial charge in [-0.1, -0.05) is 0 Å². The Bertz CT molecular complexity index is 358. The van der Waals surface area contributed by atoms with E-state index in [1.807, 2.05) is 0 Å². The molecule has 0 spiro atoms. The van der Waals surface area contributed by atoms with Crippen LogP contribution in [0.1, 0.15) is 58.3 Å². The Morgan fingerprint density at radius 2 is 1.20 bits per heavy atom. The Morgan fingerprint density at radius 3 is 1.75 bits per heavy atom. The van der Waals surface area contributed by atoms with Crippen LogP contribution in [-0.4, -0.2) is 11.8 Å². The van der Waals surface area contributed by atoms with E-state index in [0.717, 1.165) is 0 Å². The summed E-state index contributed by atoms with van der Waals surface area (Å²) >= 11 is -2.06. The van der Waals surface area contributed by atoms with Crippen LogP contribution in [0.3, 0.4) is 0 Å². The predicted molar refractivity (Wildman–Crippen MR) is 96.8 cm³/mol. The van der Waals surface area contributed by atoms with Gasteiger partial charge in [-0.15, -0.1) is 0 Å². The second-order valence-corrected chi connectivity index (χ2v) is 21.1. The van der Waals surface area contributed by atoms with Gasteiger partial charge in [0.2, 0.25) is 0 Å². The summed E-state index contributed by atoms with van der Waals surface area (Å²) in [5.74, 6) is 7.70. The predicted octanol–water partition coefficient (Wildman–Crippen LogP) is 6.33. The molecular formula is C19H35Se. The summed E-state index contributed by atoms with van der Waals surface area (Å²) in [5, 5.41) is 1.44. The number of unbranched alkanes of at least 4 members (excludes halogenated alkanes) is 7.